The standard InChI is InChI=1S/C16H20FNO3/c1-16(2,3)21-15(20)18-8-7-12(10-18)14(19)11-5-4-6-13(17)9-11/h4-6,9,12H,7-8,10H2,1-3H3/t12-/m0/s1. The fourth-order valence-electron chi connectivity index (χ4n) is 2.34. The van der Waals surface area contributed by atoms with Gasteiger partial charge < -0.3 is 9.64 Å². The Morgan fingerprint density at radius 1 is 1.33 bits per heavy atom. The Balaban J connectivity index is 1.99. The smallest absolute Gasteiger partial charge is 0.410 e. The van der Waals surface area contributed by atoms with Crippen molar-refractivity contribution in [3.05, 3.63) is 35.6 Å². The molecule has 1 aromatic carbocycles. The third kappa shape index (κ3) is 4.03. The maximum absolute atomic E-state index is 13.2. The van der Waals surface area contributed by atoms with E-state index >= 15 is 0 Å². The van der Waals surface area contributed by atoms with Crippen molar-refractivity contribution in [3.8, 4) is 0 Å². The summed E-state index contributed by atoms with van der Waals surface area (Å²) in [5, 5.41) is 0. The van der Waals surface area contributed by atoms with E-state index in [1.54, 1.807) is 26.8 Å². The molecule has 0 saturated carbocycles. The predicted octanol–water partition coefficient (Wildman–Crippen LogP) is 3.27. The molecule has 21 heavy (non-hydrogen) atoms. The molecule has 0 bridgehead atoms. The molecule has 1 aliphatic rings. The highest BCUT2D eigenvalue weighted by Crippen LogP contribution is 2.23. The van der Waals surface area contributed by atoms with Gasteiger partial charge in [0.05, 0.1) is 0 Å². The van der Waals surface area contributed by atoms with E-state index in [4.69, 9.17) is 4.74 Å². The SMILES string of the molecule is CC(C)(C)OC(=O)N1CC[C@H](C(=O)c2cccc(F)c2)C1. The van der Waals surface area contributed by atoms with E-state index in [0.29, 0.717) is 25.1 Å². The molecule has 4 nitrogen and oxygen atoms in total. The van der Waals surface area contributed by atoms with Crippen LogP contribution in [0.25, 0.3) is 0 Å². The van der Waals surface area contributed by atoms with Crippen molar-refractivity contribution >= 4 is 11.9 Å². The van der Waals surface area contributed by atoms with Gasteiger partial charge >= 0.3 is 6.09 Å². The molecular formula is C16H20FNO3. The summed E-state index contributed by atoms with van der Waals surface area (Å²) in [6.07, 6.45) is 0.172. The Morgan fingerprint density at radius 2 is 2.05 bits per heavy atom. The minimum absolute atomic E-state index is 0.124. The van der Waals surface area contributed by atoms with Gasteiger partial charge in [-0.1, -0.05) is 12.1 Å². The molecule has 1 atom stereocenters. The maximum atomic E-state index is 13.2. The zero-order chi connectivity index (χ0) is 15.6. The minimum atomic E-state index is -0.554. The fourth-order valence-corrected chi connectivity index (χ4v) is 2.34. The molecule has 0 N–H and O–H groups in total. The Kier molecular flexibility index (Phi) is 4.30. The number of hydrogen-bond donors (Lipinski definition) is 0. The van der Waals surface area contributed by atoms with Gasteiger partial charge in [-0.3, -0.25) is 4.79 Å². The molecule has 0 radical (unpaired) electrons. The average Bonchev–Trinajstić information content (AvgIpc) is 2.85. The van der Waals surface area contributed by atoms with Crippen LogP contribution in [0.5, 0.6) is 0 Å². The summed E-state index contributed by atoms with van der Waals surface area (Å²) in [5.74, 6) is -0.845. The van der Waals surface area contributed by atoms with Crippen molar-refractivity contribution in [3.63, 3.8) is 0 Å². The molecule has 5 heteroatoms. The summed E-state index contributed by atoms with van der Waals surface area (Å²) in [6, 6.07) is 5.65. The van der Waals surface area contributed by atoms with Gasteiger partial charge in [-0.15, -0.1) is 0 Å². The minimum Gasteiger partial charge on any atom is -0.444 e. The fraction of sp³-hybridized carbons (Fsp3) is 0.500. The monoisotopic (exact) mass is 293 g/mol. The highest BCUT2D eigenvalue weighted by atomic mass is 19.1. The lowest BCUT2D eigenvalue weighted by Crippen LogP contribution is -2.35. The van der Waals surface area contributed by atoms with Crippen LogP contribution in [0.4, 0.5) is 9.18 Å². The van der Waals surface area contributed by atoms with E-state index in [2.05, 4.69) is 0 Å². The first kappa shape index (κ1) is 15.5. The summed E-state index contributed by atoms with van der Waals surface area (Å²) < 4.78 is 18.5. The number of carbonyl (C=O) groups is 2. The average molecular weight is 293 g/mol. The molecule has 1 saturated heterocycles. The van der Waals surface area contributed by atoms with Crippen molar-refractivity contribution in [2.75, 3.05) is 13.1 Å². The van der Waals surface area contributed by atoms with Gasteiger partial charge in [0.25, 0.3) is 0 Å². The van der Waals surface area contributed by atoms with Crippen LogP contribution in [-0.4, -0.2) is 35.5 Å². The molecule has 0 unspecified atom stereocenters. The van der Waals surface area contributed by atoms with E-state index in [9.17, 15) is 14.0 Å². The molecule has 2 rings (SSSR count). The molecule has 114 valence electrons. The van der Waals surface area contributed by atoms with E-state index < -0.39 is 17.5 Å². The van der Waals surface area contributed by atoms with Crippen LogP contribution in [0.15, 0.2) is 24.3 Å². The van der Waals surface area contributed by atoms with E-state index in [-0.39, 0.29) is 11.7 Å². The van der Waals surface area contributed by atoms with Crippen LogP contribution < -0.4 is 0 Å². The first-order valence-corrected chi connectivity index (χ1v) is 7.04. The zero-order valence-electron chi connectivity index (χ0n) is 12.6. The Labute approximate surface area is 123 Å². The highest BCUT2D eigenvalue weighted by Gasteiger charge is 2.33. The summed E-state index contributed by atoms with van der Waals surface area (Å²) >= 11 is 0. The topological polar surface area (TPSA) is 46.6 Å². The lowest BCUT2D eigenvalue weighted by atomic mass is 9.97. The van der Waals surface area contributed by atoms with Crippen LogP contribution in [0, 0.1) is 11.7 Å². The normalized spacial score (nSPS) is 18.7. The third-order valence-electron chi connectivity index (χ3n) is 3.32. The van der Waals surface area contributed by atoms with Crippen LogP contribution in [-0.2, 0) is 4.74 Å². The molecule has 0 aliphatic carbocycles. The molecule has 0 aromatic heterocycles. The van der Waals surface area contributed by atoms with E-state index in [1.807, 2.05) is 0 Å². The molecular weight excluding hydrogens is 273 g/mol. The van der Waals surface area contributed by atoms with Crippen LogP contribution >= 0.6 is 0 Å². The molecule has 1 heterocycles. The number of ether oxygens (including phenoxy) is 1. The predicted molar refractivity (Wildman–Crippen MR) is 76.6 cm³/mol. The molecule has 1 aliphatic heterocycles. The van der Waals surface area contributed by atoms with Gasteiger partial charge in [0.15, 0.2) is 5.78 Å². The second kappa shape index (κ2) is 5.84. The van der Waals surface area contributed by atoms with Crippen LogP contribution in [0.3, 0.4) is 0 Å². The van der Waals surface area contributed by atoms with E-state index in [0.717, 1.165) is 0 Å². The number of rotatable bonds is 2. The molecule has 0 spiro atoms. The van der Waals surface area contributed by atoms with Crippen molar-refractivity contribution < 1.29 is 18.7 Å². The Bertz CT molecular complexity index is 551. The van der Waals surface area contributed by atoms with Gasteiger partial charge in [0, 0.05) is 24.6 Å². The van der Waals surface area contributed by atoms with Crippen molar-refractivity contribution in [2.45, 2.75) is 32.8 Å². The zero-order valence-corrected chi connectivity index (χ0v) is 12.6. The maximum Gasteiger partial charge on any atom is 0.410 e. The number of hydrogen-bond acceptors (Lipinski definition) is 3. The lowest BCUT2D eigenvalue weighted by Gasteiger charge is -2.24. The Morgan fingerprint density at radius 3 is 2.67 bits per heavy atom. The van der Waals surface area contributed by atoms with Crippen molar-refractivity contribution in [1.29, 1.82) is 0 Å². The Hall–Kier alpha value is -1.91. The highest BCUT2D eigenvalue weighted by molar-refractivity contribution is 5.98. The number of halogens is 1. The quantitative estimate of drug-likeness (QED) is 0.786. The van der Waals surface area contributed by atoms with E-state index in [1.165, 1.54) is 23.1 Å². The summed E-state index contributed by atoms with van der Waals surface area (Å²) in [4.78, 5) is 25.8. The first-order valence-electron chi connectivity index (χ1n) is 7.04. The van der Waals surface area contributed by atoms with Gasteiger partial charge in [0.1, 0.15) is 11.4 Å². The van der Waals surface area contributed by atoms with Gasteiger partial charge in [-0.05, 0) is 39.3 Å². The van der Waals surface area contributed by atoms with Gasteiger partial charge in [0.2, 0.25) is 0 Å². The second-order valence-corrected chi connectivity index (χ2v) is 6.29. The molecule has 1 amide bonds. The number of amides is 1. The van der Waals surface area contributed by atoms with Gasteiger partial charge in [-0.25, -0.2) is 9.18 Å². The largest absolute Gasteiger partial charge is 0.444 e. The number of ketones is 1. The van der Waals surface area contributed by atoms with Crippen LogP contribution in [0.2, 0.25) is 0 Å². The molecule has 1 fully saturated rings. The summed E-state index contributed by atoms with van der Waals surface area (Å²) in [5.41, 5.74) is -0.201. The summed E-state index contributed by atoms with van der Waals surface area (Å²) in [6.45, 7) is 6.22. The number of nitrogens with zero attached hydrogens (tertiary/aromatic N) is 1. The molecule has 1 aromatic rings. The number of benzene rings is 1. The second-order valence-electron chi connectivity index (χ2n) is 6.29. The van der Waals surface area contributed by atoms with Crippen LogP contribution in [0.1, 0.15) is 37.6 Å². The first-order chi connectivity index (χ1) is 9.76. The van der Waals surface area contributed by atoms with Crippen molar-refractivity contribution in [1.82, 2.24) is 4.90 Å². The lowest BCUT2D eigenvalue weighted by molar-refractivity contribution is 0.0289. The summed E-state index contributed by atoms with van der Waals surface area (Å²) in [7, 11) is 0. The number of likely N-dealkylation sites (tertiary alicyclic amines) is 1. The van der Waals surface area contributed by atoms with Gasteiger partial charge in [-0.2, -0.15) is 0 Å². The van der Waals surface area contributed by atoms with Crippen molar-refractivity contribution in [2.24, 2.45) is 5.92 Å². The third-order valence-corrected chi connectivity index (χ3v) is 3.32. The number of carbonyl (C=O) groups excluding carboxylic acids is 2. The number of Topliss-reactive ketones (excluding diaryl/α,β-unsaturated/α-hetero) is 1.